The number of hydrogen-bond donors (Lipinski definition) is 1. The Morgan fingerprint density at radius 2 is 2.06 bits per heavy atom. The minimum Gasteiger partial charge on any atom is -0.376 e. The summed E-state index contributed by atoms with van der Waals surface area (Å²) in [5.41, 5.74) is 2.10. The second kappa shape index (κ2) is 9.27. The second-order valence-electron chi connectivity index (χ2n) is 9.07. The molecule has 2 fully saturated rings. The monoisotopic (exact) mass is 453 g/mol. The van der Waals surface area contributed by atoms with Crippen molar-refractivity contribution in [1.29, 1.82) is 0 Å². The number of fused-ring (bicyclic) bond motifs is 1. The summed E-state index contributed by atoms with van der Waals surface area (Å²) in [7, 11) is 0. The summed E-state index contributed by atoms with van der Waals surface area (Å²) in [5.74, 6) is 1.73. The molecular weight excluding hydrogens is 422 g/mol. The van der Waals surface area contributed by atoms with E-state index in [0.717, 1.165) is 72.8 Å². The van der Waals surface area contributed by atoms with Gasteiger partial charge in [0.1, 0.15) is 0 Å². The van der Waals surface area contributed by atoms with Crippen molar-refractivity contribution >= 4 is 28.6 Å². The maximum absolute atomic E-state index is 13.1. The number of benzene rings is 1. The van der Waals surface area contributed by atoms with Crippen molar-refractivity contribution < 1.29 is 9.53 Å². The topological polar surface area (TPSA) is 76.0 Å². The van der Waals surface area contributed by atoms with Crippen LogP contribution in [0.5, 0.6) is 0 Å². The van der Waals surface area contributed by atoms with Crippen LogP contribution in [0.15, 0.2) is 35.6 Å². The van der Waals surface area contributed by atoms with Crippen LogP contribution in [0.4, 0.5) is 0 Å². The third kappa shape index (κ3) is 4.30. The van der Waals surface area contributed by atoms with Gasteiger partial charge in [-0.15, -0.1) is 10.2 Å². The van der Waals surface area contributed by atoms with Gasteiger partial charge in [-0.05, 0) is 44.6 Å². The molecule has 0 saturated carbocycles. The molecule has 5 rings (SSSR count). The third-order valence-electron chi connectivity index (χ3n) is 6.68. The molecule has 2 atom stereocenters. The zero-order valence-corrected chi connectivity index (χ0v) is 19.6. The van der Waals surface area contributed by atoms with Crippen molar-refractivity contribution in [3.8, 4) is 11.4 Å². The summed E-state index contributed by atoms with van der Waals surface area (Å²) in [6.45, 7) is 7.47. The summed E-state index contributed by atoms with van der Waals surface area (Å²) in [5, 5.41) is 10.8. The highest BCUT2D eigenvalue weighted by atomic mass is 32.2. The number of H-pyrrole nitrogens is 1. The van der Waals surface area contributed by atoms with Gasteiger partial charge in [-0.2, -0.15) is 0 Å². The lowest BCUT2D eigenvalue weighted by Crippen LogP contribution is -2.41. The van der Waals surface area contributed by atoms with E-state index in [-0.39, 0.29) is 17.3 Å². The number of hydrogen-bond acceptors (Lipinski definition) is 5. The van der Waals surface area contributed by atoms with Gasteiger partial charge in [0.05, 0.1) is 17.9 Å². The van der Waals surface area contributed by atoms with Gasteiger partial charge >= 0.3 is 0 Å². The Balaban J connectivity index is 1.42. The van der Waals surface area contributed by atoms with E-state index in [1.807, 2.05) is 30.2 Å². The Hall–Kier alpha value is -2.32. The van der Waals surface area contributed by atoms with E-state index in [1.165, 1.54) is 11.8 Å². The lowest BCUT2D eigenvalue weighted by atomic mass is 9.99. The van der Waals surface area contributed by atoms with Crippen LogP contribution in [0.1, 0.15) is 39.5 Å². The molecule has 2 saturated heterocycles. The number of rotatable bonds is 6. The summed E-state index contributed by atoms with van der Waals surface area (Å²) < 4.78 is 8.08. The number of thioether (sulfide) groups is 1. The van der Waals surface area contributed by atoms with Gasteiger partial charge in [-0.25, -0.2) is 0 Å². The highest BCUT2D eigenvalue weighted by Gasteiger charge is 2.28. The molecule has 0 radical (unpaired) electrons. The van der Waals surface area contributed by atoms with Crippen LogP contribution >= 0.6 is 11.8 Å². The van der Waals surface area contributed by atoms with E-state index in [0.29, 0.717) is 12.5 Å². The van der Waals surface area contributed by atoms with Gasteiger partial charge < -0.3 is 14.6 Å². The quantitative estimate of drug-likeness (QED) is 0.562. The van der Waals surface area contributed by atoms with Gasteiger partial charge in [0.25, 0.3) is 0 Å². The smallest absolute Gasteiger partial charge is 0.235 e. The molecule has 1 amide bonds. The van der Waals surface area contributed by atoms with Crippen LogP contribution in [0.25, 0.3) is 22.3 Å². The zero-order chi connectivity index (χ0) is 22.1. The van der Waals surface area contributed by atoms with E-state index < -0.39 is 0 Å². The van der Waals surface area contributed by atoms with E-state index in [9.17, 15) is 4.79 Å². The van der Waals surface area contributed by atoms with Crippen LogP contribution < -0.4 is 0 Å². The van der Waals surface area contributed by atoms with Crippen LogP contribution in [0.3, 0.4) is 0 Å². The number of aromatic nitrogens is 4. The molecule has 0 spiro atoms. The first-order chi connectivity index (χ1) is 15.6. The fourth-order valence-electron chi connectivity index (χ4n) is 4.68. The maximum Gasteiger partial charge on any atom is 0.235 e. The van der Waals surface area contributed by atoms with E-state index in [1.54, 1.807) is 0 Å². The summed E-state index contributed by atoms with van der Waals surface area (Å²) in [4.78, 5) is 18.4. The summed E-state index contributed by atoms with van der Waals surface area (Å²) >= 11 is 1.51. The molecule has 7 nitrogen and oxygen atoms in total. The molecule has 0 bridgehead atoms. The number of para-hydroxylation sites is 1. The van der Waals surface area contributed by atoms with Crippen LogP contribution in [0, 0.1) is 5.92 Å². The number of nitrogens with zero attached hydrogens (tertiary/aromatic N) is 4. The number of piperidine rings is 1. The standard InChI is InChI=1S/C24H31N5O2S/c1-16-9-11-28(12-10-16)23(30)17(2)32-24-27-26-22(29(24)15-18-6-5-13-31-18)20-14-25-21-8-4-3-7-19(20)21/h3-4,7-8,14,16-18,25H,5-6,9-13,15H2,1-2H3/t17-,18+/m1/s1. The normalized spacial score (nSPS) is 20.8. The number of likely N-dealkylation sites (tertiary alicyclic amines) is 1. The molecular formula is C24H31N5O2S. The molecule has 0 unspecified atom stereocenters. The Morgan fingerprint density at radius 1 is 1.25 bits per heavy atom. The Bertz CT molecular complexity index is 1080. The molecule has 2 aliphatic rings. The molecule has 1 N–H and O–H groups in total. The minimum absolute atomic E-state index is 0.156. The number of carbonyl (C=O) groups is 1. The third-order valence-corrected chi connectivity index (χ3v) is 7.75. The molecule has 0 aliphatic carbocycles. The van der Waals surface area contributed by atoms with Crippen molar-refractivity contribution in [3.63, 3.8) is 0 Å². The average Bonchev–Trinajstić information content (AvgIpc) is 3.55. The number of amides is 1. The summed E-state index contributed by atoms with van der Waals surface area (Å²) in [6.07, 6.45) is 6.45. The molecule has 2 aromatic heterocycles. The van der Waals surface area contributed by atoms with Gasteiger partial charge in [0, 0.05) is 42.4 Å². The van der Waals surface area contributed by atoms with Crippen molar-refractivity contribution in [1.82, 2.24) is 24.6 Å². The molecule has 2 aliphatic heterocycles. The predicted octanol–water partition coefficient (Wildman–Crippen LogP) is 4.34. The summed E-state index contributed by atoms with van der Waals surface area (Å²) in [6, 6.07) is 8.23. The van der Waals surface area contributed by atoms with Crippen molar-refractivity contribution in [2.45, 2.75) is 62.6 Å². The highest BCUT2D eigenvalue weighted by molar-refractivity contribution is 8.00. The fraction of sp³-hybridized carbons (Fsp3) is 0.542. The number of ether oxygens (including phenoxy) is 1. The van der Waals surface area contributed by atoms with Crippen molar-refractivity contribution in [2.75, 3.05) is 19.7 Å². The van der Waals surface area contributed by atoms with E-state index in [2.05, 4.69) is 38.8 Å². The van der Waals surface area contributed by atoms with Crippen molar-refractivity contribution in [3.05, 3.63) is 30.5 Å². The fourth-order valence-corrected chi connectivity index (χ4v) is 5.63. The Labute approximate surface area is 192 Å². The van der Waals surface area contributed by atoms with Crippen LogP contribution in [-0.2, 0) is 16.1 Å². The number of nitrogens with one attached hydrogen (secondary N) is 1. The first kappa shape index (κ1) is 21.5. The average molecular weight is 454 g/mol. The Morgan fingerprint density at radius 3 is 2.84 bits per heavy atom. The van der Waals surface area contributed by atoms with Gasteiger partial charge in [0.15, 0.2) is 11.0 Å². The van der Waals surface area contributed by atoms with Gasteiger partial charge in [-0.3, -0.25) is 9.36 Å². The van der Waals surface area contributed by atoms with Crippen molar-refractivity contribution in [2.24, 2.45) is 5.92 Å². The minimum atomic E-state index is -0.202. The zero-order valence-electron chi connectivity index (χ0n) is 18.8. The van der Waals surface area contributed by atoms with Crippen LogP contribution in [0.2, 0.25) is 0 Å². The van der Waals surface area contributed by atoms with Gasteiger partial charge in [-0.1, -0.05) is 36.9 Å². The number of aromatic amines is 1. The second-order valence-corrected chi connectivity index (χ2v) is 10.4. The van der Waals surface area contributed by atoms with Gasteiger partial charge in [0.2, 0.25) is 5.91 Å². The van der Waals surface area contributed by atoms with E-state index in [4.69, 9.17) is 4.74 Å². The largest absolute Gasteiger partial charge is 0.376 e. The molecule has 1 aromatic carbocycles. The van der Waals surface area contributed by atoms with E-state index >= 15 is 0 Å². The maximum atomic E-state index is 13.1. The first-order valence-electron chi connectivity index (χ1n) is 11.7. The van der Waals surface area contributed by atoms with Crippen LogP contribution in [-0.4, -0.2) is 61.6 Å². The highest BCUT2D eigenvalue weighted by Crippen LogP contribution is 2.33. The molecule has 4 heterocycles. The predicted molar refractivity (Wildman–Crippen MR) is 127 cm³/mol. The lowest BCUT2D eigenvalue weighted by molar-refractivity contribution is -0.131. The number of carbonyl (C=O) groups excluding carboxylic acids is 1. The lowest BCUT2D eigenvalue weighted by Gasteiger charge is -2.32. The molecule has 32 heavy (non-hydrogen) atoms. The molecule has 3 aromatic rings. The SMILES string of the molecule is CC1CCN(C(=O)[C@@H](C)Sc2nnc(-c3c[nH]c4ccccc34)n2C[C@@H]2CCCO2)CC1. The Kier molecular flexibility index (Phi) is 6.24. The first-order valence-corrected chi connectivity index (χ1v) is 12.5. The molecule has 8 heteroatoms. The molecule has 170 valence electrons.